The molecule has 0 aliphatic carbocycles. The largest absolute Gasteiger partial charge is 0.341 e. The Labute approximate surface area is 72.3 Å². The van der Waals surface area contributed by atoms with Crippen LogP contribution in [0.1, 0.15) is 13.3 Å². The van der Waals surface area contributed by atoms with E-state index >= 15 is 0 Å². The molecule has 0 heterocycles. The summed E-state index contributed by atoms with van der Waals surface area (Å²) in [5.74, 6) is 1.09. The van der Waals surface area contributed by atoms with Gasteiger partial charge in [0.15, 0.2) is 0 Å². The van der Waals surface area contributed by atoms with Gasteiger partial charge in [-0.2, -0.15) is 11.8 Å². The average molecular weight is 176 g/mol. The third-order valence-corrected chi connectivity index (χ3v) is 2.00. The summed E-state index contributed by atoms with van der Waals surface area (Å²) in [6, 6.07) is 0.168. The first-order valence-electron chi connectivity index (χ1n) is 3.68. The molecule has 11 heavy (non-hydrogen) atoms. The summed E-state index contributed by atoms with van der Waals surface area (Å²) in [5.41, 5.74) is 0. The third-order valence-electron chi connectivity index (χ3n) is 1.36. The van der Waals surface area contributed by atoms with Crippen LogP contribution in [0.5, 0.6) is 0 Å². The zero-order valence-electron chi connectivity index (χ0n) is 7.31. The maximum absolute atomic E-state index is 10.8. The zero-order valence-corrected chi connectivity index (χ0v) is 8.12. The van der Waals surface area contributed by atoms with Crippen LogP contribution in [-0.4, -0.2) is 31.1 Å². The first-order valence-corrected chi connectivity index (χ1v) is 5.07. The lowest BCUT2D eigenvalue weighted by molar-refractivity contribution is 0.239. The fraction of sp³-hybridized carbons (Fsp3) is 0.857. The Balaban J connectivity index is 3.35. The van der Waals surface area contributed by atoms with Crippen molar-refractivity contribution >= 4 is 17.8 Å². The standard InChI is InChI=1S/C7H16N2OS/c1-6(4-5-11-3)9-7(10)8-2/h6H,4-5H2,1-3H3,(H2,8,9,10). The van der Waals surface area contributed by atoms with Gasteiger partial charge >= 0.3 is 6.03 Å². The summed E-state index contributed by atoms with van der Waals surface area (Å²) in [5, 5.41) is 5.32. The van der Waals surface area contributed by atoms with E-state index in [1.807, 2.05) is 6.92 Å². The van der Waals surface area contributed by atoms with Crippen LogP contribution in [0.2, 0.25) is 0 Å². The number of hydrogen-bond acceptors (Lipinski definition) is 2. The van der Waals surface area contributed by atoms with Crippen molar-refractivity contribution in [1.29, 1.82) is 0 Å². The van der Waals surface area contributed by atoms with Gasteiger partial charge < -0.3 is 10.6 Å². The maximum Gasteiger partial charge on any atom is 0.314 e. The predicted octanol–water partition coefficient (Wildman–Crippen LogP) is 1.06. The molecule has 0 aromatic carbocycles. The monoisotopic (exact) mass is 176 g/mol. The average Bonchev–Trinajstić information content (AvgIpc) is 2.00. The molecule has 0 aromatic rings. The zero-order chi connectivity index (χ0) is 8.69. The molecule has 4 heteroatoms. The molecule has 0 rings (SSSR count). The van der Waals surface area contributed by atoms with Crippen LogP contribution in [0.25, 0.3) is 0 Å². The molecule has 0 spiro atoms. The second-order valence-electron chi connectivity index (χ2n) is 2.41. The number of amides is 2. The Morgan fingerprint density at radius 2 is 2.27 bits per heavy atom. The van der Waals surface area contributed by atoms with Gasteiger partial charge in [0.2, 0.25) is 0 Å². The van der Waals surface area contributed by atoms with Gasteiger partial charge in [-0.25, -0.2) is 4.79 Å². The lowest BCUT2D eigenvalue weighted by Crippen LogP contribution is -2.39. The van der Waals surface area contributed by atoms with Crippen LogP contribution >= 0.6 is 11.8 Å². The summed E-state index contributed by atoms with van der Waals surface area (Å²) < 4.78 is 0. The van der Waals surface area contributed by atoms with Crippen molar-refractivity contribution in [3.8, 4) is 0 Å². The van der Waals surface area contributed by atoms with Crippen molar-refractivity contribution in [3.05, 3.63) is 0 Å². The Morgan fingerprint density at radius 1 is 1.64 bits per heavy atom. The van der Waals surface area contributed by atoms with Gasteiger partial charge in [-0.05, 0) is 25.4 Å². The smallest absolute Gasteiger partial charge is 0.314 e. The SMILES string of the molecule is CNC(=O)NC(C)CCSC. The van der Waals surface area contributed by atoms with E-state index < -0.39 is 0 Å². The van der Waals surface area contributed by atoms with Crippen LogP contribution in [0, 0.1) is 0 Å². The fourth-order valence-electron chi connectivity index (χ4n) is 0.663. The highest BCUT2D eigenvalue weighted by Crippen LogP contribution is 1.98. The molecule has 2 amide bonds. The molecule has 0 fully saturated rings. The van der Waals surface area contributed by atoms with Crippen molar-refractivity contribution in [1.82, 2.24) is 10.6 Å². The molecule has 1 atom stereocenters. The summed E-state index contributed by atoms with van der Waals surface area (Å²) >= 11 is 1.79. The van der Waals surface area contributed by atoms with Crippen molar-refractivity contribution < 1.29 is 4.79 Å². The molecule has 1 unspecified atom stereocenters. The van der Waals surface area contributed by atoms with Gasteiger partial charge in [0.1, 0.15) is 0 Å². The van der Waals surface area contributed by atoms with E-state index in [1.165, 1.54) is 0 Å². The molecule has 3 nitrogen and oxygen atoms in total. The van der Waals surface area contributed by atoms with Crippen molar-refractivity contribution in [3.63, 3.8) is 0 Å². The van der Waals surface area contributed by atoms with E-state index in [-0.39, 0.29) is 12.1 Å². The van der Waals surface area contributed by atoms with Gasteiger partial charge in [0, 0.05) is 13.1 Å². The van der Waals surface area contributed by atoms with Gasteiger partial charge in [-0.1, -0.05) is 0 Å². The lowest BCUT2D eigenvalue weighted by Gasteiger charge is -2.11. The molecule has 0 aromatic heterocycles. The Hall–Kier alpha value is -0.380. The molecule has 66 valence electrons. The topological polar surface area (TPSA) is 41.1 Å². The minimum atomic E-state index is -0.0985. The van der Waals surface area contributed by atoms with Crippen molar-refractivity contribution in [2.45, 2.75) is 19.4 Å². The number of thioether (sulfide) groups is 1. The van der Waals surface area contributed by atoms with E-state index in [1.54, 1.807) is 18.8 Å². The van der Waals surface area contributed by atoms with E-state index in [0.717, 1.165) is 12.2 Å². The van der Waals surface area contributed by atoms with Gasteiger partial charge in [0.25, 0.3) is 0 Å². The first-order chi connectivity index (χ1) is 5.20. The van der Waals surface area contributed by atoms with Crippen molar-refractivity contribution in [2.75, 3.05) is 19.1 Å². The van der Waals surface area contributed by atoms with E-state index in [0.29, 0.717) is 0 Å². The quantitative estimate of drug-likeness (QED) is 0.672. The maximum atomic E-state index is 10.8. The molecule has 0 saturated carbocycles. The van der Waals surface area contributed by atoms with E-state index in [9.17, 15) is 4.79 Å². The minimum absolute atomic E-state index is 0.0985. The highest BCUT2D eigenvalue weighted by atomic mass is 32.2. The predicted molar refractivity (Wildman–Crippen MR) is 50.1 cm³/mol. The highest BCUT2D eigenvalue weighted by Gasteiger charge is 2.03. The molecule has 2 N–H and O–H groups in total. The van der Waals surface area contributed by atoms with Crippen LogP contribution in [-0.2, 0) is 0 Å². The van der Waals surface area contributed by atoms with Crippen LogP contribution < -0.4 is 10.6 Å². The van der Waals surface area contributed by atoms with E-state index in [2.05, 4.69) is 16.9 Å². The minimum Gasteiger partial charge on any atom is -0.341 e. The first kappa shape index (κ1) is 10.6. The Bertz CT molecular complexity index is 119. The number of hydrogen-bond donors (Lipinski definition) is 2. The molecule has 0 radical (unpaired) electrons. The molecule has 0 aliphatic heterocycles. The number of rotatable bonds is 4. The van der Waals surface area contributed by atoms with Crippen molar-refractivity contribution in [2.24, 2.45) is 0 Å². The molecular weight excluding hydrogens is 160 g/mol. The summed E-state index contributed by atoms with van der Waals surface area (Å²) in [6.45, 7) is 2.01. The molecule has 0 bridgehead atoms. The molecule has 0 aliphatic rings. The second kappa shape index (κ2) is 6.34. The summed E-state index contributed by atoms with van der Waals surface area (Å²) in [4.78, 5) is 10.8. The summed E-state index contributed by atoms with van der Waals surface area (Å²) in [7, 11) is 1.62. The normalized spacial score (nSPS) is 12.3. The second-order valence-corrected chi connectivity index (χ2v) is 3.39. The van der Waals surface area contributed by atoms with Gasteiger partial charge in [-0.3, -0.25) is 0 Å². The lowest BCUT2D eigenvalue weighted by atomic mass is 10.3. The van der Waals surface area contributed by atoms with Crippen LogP contribution in [0.15, 0.2) is 0 Å². The Morgan fingerprint density at radius 3 is 2.73 bits per heavy atom. The third kappa shape index (κ3) is 6.04. The molecular formula is C7H16N2OS. The fourth-order valence-corrected chi connectivity index (χ4v) is 1.25. The van der Waals surface area contributed by atoms with Gasteiger partial charge in [0.05, 0.1) is 0 Å². The summed E-state index contributed by atoms with van der Waals surface area (Å²) in [6.07, 6.45) is 3.08. The number of carbonyl (C=O) groups excluding carboxylic acids is 1. The number of carbonyl (C=O) groups is 1. The number of nitrogens with one attached hydrogen (secondary N) is 2. The van der Waals surface area contributed by atoms with Gasteiger partial charge in [-0.15, -0.1) is 0 Å². The molecule has 0 saturated heterocycles. The number of urea groups is 1. The van der Waals surface area contributed by atoms with Crippen LogP contribution in [0.4, 0.5) is 4.79 Å². The van der Waals surface area contributed by atoms with E-state index in [4.69, 9.17) is 0 Å². The Kier molecular flexibility index (Phi) is 6.12. The highest BCUT2D eigenvalue weighted by molar-refractivity contribution is 7.98. The van der Waals surface area contributed by atoms with Crippen LogP contribution in [0.3, 0.4) is 0 Å².